The van der Waals surface area contributed by atoms with Gasteiger partial charge in [0.15, 0.2) is 11.5 Å². The molecule has 2 aliphatic heterocycles. The highest BCUT2D eigenvalue weighted by molar-refractivity contribution is 5.92. The molecule has 0 unspecified atom stereocenters. The van der Waals surface area contributed by atoms with E-state index in [-0.39, 0.29) is 24.3 Å². The van der Waals surface area contributed by atoms with Gasteiger partial charge in [0, 0.05) is 37.7 Å². The summed E-state index contributed by atoms with van der Waals surface area (Å²) in [4.78, 5) is 26.6. The lowest BCUT2D eigenvalue weighted by Crippen LogP contribution is -2.34. The van der Waals surface area contributed by atoms with Crippen molar-refractivity contribution in [2.45, 2.75) is 50.9 Å². The molecule has 1 spiro atoms. The van der Waals surface area contributed by atoms with E-state index in [1.165, 1.54) is 6.92 Å². The topological polar surface area (TPSA) is 67.9 Å². The zero-order chi connectivity index (χ0) is 20.7. The molecule has 1 saturated carbocycles. The summed E-state index contributed by atoms with van der Waals surface area (Å²) in [5, 5.41) is 2.95. The number of hydrogen-bond donors (Lipinski definition) is 1. The second-order valence-electron chi connectivity index (χ2n) is 8.12. The number of rotatable bonds is 3. The quantitative estimate of drug-likeness (QED) is 0.810. The third kappa shape index (κ3) is 3.32. The number of anilines is 1. The molecule has 2 amide bonds. The zero-order valence-electron chi connectivity index (χ0n) is 16.9. The third-order valence-electron chi connectivity index (χ3n) is 6.03. The van der Waals surface area contributed by atoms with Crippen LogP contribution in [0.15, 0.2) is 48.7 Å². The van der Waals surface area contributed by atoms with Crippen LogP contribution in [0.3, 0.4) is 0 Å². The van der Waals surface area contributed by atoms with Gasteiger partial charge in [-0.3, -0.25) is 9.59 Å². The van der Waals surface area contributed by atoms with E-state index >= 15 is 0 Å². The largest absolute Gasteiger partial charge is 0.448 e. The number of carbonyl (C=O) groups excluding carboxylic acids is 2. The Morgan fingerprint density at radius 3 is 2.67 bits per heavy atom. The van der Waals surface area contributed by atoms with Crippen LogP contribution < -0.4 is 14.8 Å². The first-order valence-corrected chi connectivity index (χ1v) is 10.4. The molecule has 1 N–H and O–H groups in total. The summed E-state index contributed by atoms with van der Waals surface area (Å²) in [6.07, 6.45) is 7.80. The Labute approximate surface area is 175 Å². The molecule has 1 atom stereocenters. The molecule has 6 heteroatoms. The number of nitrogens with zero attached hydrogens (tertiary/aromatic N) is 1. The van der Waals surface area contributed by atoms with E-state index in [0.29, 0.717) is 11.4 Å². The summed E-state index contributed by atoms with van der Waals surface area (Å²) in [6.45, 7) is 1.51. The molecule has 2 heterocycles. The molecular formula is C24H24N2O4. The standard InChI is InChI=1S/C24H24N2O4/c1-16(27)26-13-10-17-6-2-3-7-19(17)20(26)15-23(28)25-18-8-9-21-22(14-18)30-24(29-21)11-4-5-12-24/h2-3,6-10,13-14,20H,4-5,11-12,15H2,1H3,(H,25,28)/t20-/m0/s1. The van der Waals surface area contributed by atoms with Crippen molar-refractivity contribution in [2.75, 3.05) is 5.32 Å². The van der Waals surface area contributed by atoms with Crippen molar-refractivity contribution in [3.8, 4) is 11.5 Å². The molecule has 0 radical (unpaired) electrons. The fourth-order valence-electron chi connectivity index (χ4n) is 4.59. The van der Waals surface area contributed by atoms with Crippen molar-refractivity contribution in [3.63, 3.8) is 0 Å². The zero-order valence-corrected chi connectivity index (χ0v) is 16.9. The SMILES string of the molecule is CC(=O)N1C=Cc2ccccc2[C@@H]1CC(=O)Nc1ccc2c(c1)OC1(CCCC1)O2. The maximum atomic E-state index is 12.9. The Kier molecular flexibility index (Phi) is 4.50. The number of ether oxygens (including phenoxy) is 2. The number of carbonyl (C=O) groups is 2. The van der Waals surface area contributed by atoms with Crippen LogP contribution in [0.1, 0.15) is 56.2 Å². The summed E-state index contributed by atoms with van der Waals surface area (Å²) >= 11 is 0. The van der Waals surface area contributed by atoms with Crippen LogP contribution >= 0.6 is 0 Å². The van der Waals surface area contributed by atoms with Crippen molar-refractivity contribution in [1.82, 2.24) is 4.90 Å². The fraction of sp³-hybridized carbons (Fsp3) is 0.333. The average Bonchev–Trinajstić information content (AvgIpc) is 3.33. The molecule has 30 heavy (non-hydrogen) atoms. The molecule has 1 aliphatic carbocycles. The van der Waals surface area contributed by atoms with Crippen molar-refractivity contribution in [3.05, 3.63) is 59.8 Å². The van der Waals surface area contributed by atoms with Crippen molar-refractivity contribution in [1.29, 1.82) is 0 Å². The van der Waals surface area contributed by atoms with Crippen LogP contribution in [0.4, 0.5) is 5.69 Å². The first kappa shape index (κ1) is 18.7. The van der Waals surface area contributed by atoms with Gasteiger partial charge < -0.3 is 19.7 Å². The van der Waals surface area contributed by atoms with Gasteiger partial charge >= 0.3 is 0 Å². The molecule has 2 aromatic rings. The lowest BCUT2D eigenvalue weighted by Gasteiger charge is -2.32. The third-order valence-corrected chi connectivity index (χ3v) is 6.03. The first-order valence-electron chi connectivity index (χ1n) is 10.4. The molecule has 3 aliphatic rings. The Hall–Kier alpha value is -3.28. The van der Waals surface area contributed by atoms with Crippen molar-refractivity contribution in [2.24, 2.45) is 0 Å². The summed E-state index contributed by atoms with van der Waals surface area (Å²) in [6, 6.07) is 13.0. The minimum atomic E-state index is -0.523. The maximum Gasteiger partial charge on any atom is 0.251 e. The first-order chi connectivity index (χ1) is 14.5. The lowest BCUT2D eigenvalue weighted by atomic mass is 9.93. The van der Waals surface area contributed by atoms with Gasteiger partial charge in [-0.05, 0) is 42.2 Å². The molecule has 0 bridgehead atoms. The van der Waals surface area contributed by atoms with Gasteiger partial charge in [-0.2, -0.15) is 0 Å². The maximum absolute atomic E-state index is 12.9. The summed E-state index contributed by atoms with van der Waals surface area (Å²) < 4.78 is 12.1. The molecule has 0 saturated heterocycles. The van der Waals surface area contributed by atoms with Crippen LogP contribution in [0.5, 0.6) is 11.5 Å². The Morgan fingerprint density at radius 1 is 1.10 bits per heavy atom. The average molecular weight is 404 g/mol. The van der Waals surface area contributed by atoms with Gasteiger partial charge in [0.25, 0.3) is 5.79 Å². The van der Waals surface area contributed by atoms with Gasteiger partial charge in [0.1, 0.15) is 0 Å². The van der Waals surface area contributed by atoms with E-state index in [1.54, 1.807) is 11.1 Å². The highest BCUT2D eigenvalue weighted by Crippen LogP contribution is 2.47. The van der Waals surface area contributed by atoms with Crippen LogP contribution in [0.2, 0.25) is 0 Å². The second kappa shape index (κ2) is 7.20. The fourth-order valence-corrected chi connectivity index (χ4v) is 4.59. The van der Waals surface area contributed by atoms with Crippen molar-refractivity contribution < 1.29 is 19.1 Å². The molecule has 1 fully saturated rings. The predicted octanol–water partition coefficient (Wildman–Crippen LogP) is 4.63. The highest BCUT2D eigenvalue weighted by Gasteiger charge is 2.44. The van der Waals surface area contributed by atoms with E-state index in [0.717, 1.165) is 42.6 Å². The summed E-state index contributed by atoms with van der Waals surface area (Å²) in [5.41, 5.74) is 2.66. The van der Waals surface area contributed by atoms with E-state index < -0.39 is 5.79 Å². The molecular weight excluding hydrogens is 380 g/mol. The number of amides is 2. The van der Waals surface area contributed by atoms with Gasteiger partial charge in [-0.25, -0.2) is 0 Å². The molecule has 5 rings (SSSR count). The highest BCUT2D eigenvalue weighted by atomic mass is 16.7. The van der Waals surface area contributed by atoms with E-state index in [4.69, 9.17) is 9.47 Å². The molecule has 2 aromatic carbocycles. The van der Waals surface area contributed by atoms with Gasteiger partial charge in [0.05, 0.1) is 12.5 Å². The van der Waals surface area contributed by atoms with Crippen LogP contribution in [-0.2, 0) is 9.59 Å². The Morgan fingerprint density at radius 2 is 1.87 bits per heavy atom. The van der Waals surface area contributed by atoms with E-state index in [2.05, 4.69) is 5.32 Å². The lowest BCUT2D eigenvalue weighted by molar-refractivity contribution is -0.129. The van der Waals surface area contributed by atoms with Gasteiger partial charge in [-0.1, -0.05) is 24.3 Å². The number of nitrogens with one attached hydrogen (secondary N) is 1. The smallest absolute Gasteiger partial charge is 0.251 e. The normalized spacial score (nSPS) is 20.3. The minimum absolute atomic E-state index is 0.0940. The minimum Gasteiger partial charge on any atom is -0.448 e. The predicted molar refractivity (Wildman–Crippen MR) is 113 cm³/mol. The number of fused-ring (bicyclic) bond motifs is 2. The van der Waals surface area contributed by atoms with Crippen LogP contribution in [0.25, 0.3) is 6.08 Å². The number of hydrogen-bond acceptors (Lipinski definition) is 4. The van der Waals surface area contributed by atoms with E-state index in [9.17, 15) is 9.59 Å². The Bertz CT molecular complexity index is 1040. The van der Waals surface area contributed by atoms with Crippen LogP contribution in [0, 0.1) is 0 Å². The van der Waals surface area contributed by atoms with E-state index in [1.807, 2.05) is 48.5 Å². The van der Waals surface area contributed by atoms with Gasteiger partial charge in [-0.15, -0.1) is 0 Å². The molecule has 154 valence electrons. The Balaban J connectivity index is 1.32. The van der Waals surface area contributed by atoms with Crippen LogP contribution in [-0.4, -0.2) is 22.5 Å². The molecule has 0 aromatic heterocycles. The van der Waals surface area contributed by atoms with Gasteiger partial charge in [0.2, 0.25) is 11.8 Å². The monoisotopic (exact) mass is 404 g/mol. The second-order valence-corrected chi connectivity index (χ2v) is 8.12. The summed E-state index contributed by atoms with van der Waals surface area (Å²) in [7, 11) is 0. The number of benzene rings is 2. The molecule has 6 nitrogen and oxygen atoms in total. The van der Waals surface area contributed by atoms with Crippen molar-refractivity contribution >= 4 is 23.6 Å². The summed E-state index contributed by atoms with van der Waals surface area (Å²) in [5.74, 6) is 0.620.